The van der Waals surface area contributed by atoms with E-state index in [1.165, 1.54) is 12.0 Å². The molecule has 0 fully saturated rings. The average molecular weight is 191 g/mol. The van der Waals surface area contributed by atoms with Gasteiger partial charge in [-0.1, -0.05) is 50.6 Å². The van der Waals surface area contributed by atoms with E-state index in [0.717, 1.165) is 12.5 Å². The largest absolute Gasteiger partial charge is 0.310 e. The van der Waals surface area contributed by atoms with Gasteiger partial charge in [-0.15, -0.1) is 0 Å². The molecule has 14 heavy (non-hydrogen) atoms. The highest BCUT2D eigenvalue weighted by Crippen LogP contribution is 2.11. The molecule has 0 aliphatic rings. The Labute approximate surface area is 87.5 Å². The molecule has 0 heterocycles. The number of nitrogens with one attached hydrogen (secondary N) is 1. The summed E-state index contributed by atoms with van der Waals surface area (Å²) in [5.74, 6) is 0.765. The van der Waals surface area contributed by atoms with Crippen LogP contribution < -0.4 is 5.32 Å². The molecule has 78 valence electrons. The fraction of sp³-hybridized carbons (Fsp3) is 0.538. The van der Waals surface area contributed by atoms with Gasteiger partial charge < -0.3 is 5.32 Å². The monoisotopic (exact) mass is 191 g/mol. The molecular weight excluding hydrogens is 170 g/mol. The van der Waals surface area contributed by atoms with Gasteiger partial charge >= 0.3 is 0 Å². The first-order valence-corrected chi connectivity index (χ1v) is 5.52. The lowest BCUT2D eigenvalue weighted by atomic mass is 10.1. The van der Waals surface area contributed by atoms with E-state index in [1.54, 1.807) is 0 Å². The number of hydrogen-bond donors (Lipinski definition) is 1. The Bertz CT molecular complexity index is 243. The average Bonchev–Trinajstić information content (AvgIpc) is 2.26. The van der Waals surface area contributed by atoms with Crippen molar-refractivity contribution in [3.8, 4) is 0 Å². The van der Waals surface area contributed by atoms with Crippen LogP contribution in [0.1, 0.15) is 38.8 Å². The Morgan fingerprint density at radius 2 is 1.79 bits per heavy atom. The van der Waals surface area contributed by atoms with E-state index in [4.69, 9.17) is 0 Å². The minimum absolute atomic E-state index is 0.463. The second-order valence-corrected chi connectivity index (χ2v) is 4.05. The normalized spacial score (nSPS) is 15.1. The molecule has 0 bridgehead atoms. The maximum Gasteiger partial charge on any atom is 0.0291 e. The molecule has 1 heteroatoms. The zero-order chi connectivity index (χ0) is 10.4. The lowest BCUT2D eigenvalue weighted by molar-refractivity contribution is 0.461. The fourth-order valence-electron chi connectivity index (χ4n) is 1.38. The lowest BCUT2D eigenvalue weighted by Gasteiger charge is -2.16. The molecule has 0 saturated carbocycles. The lowest BCUT2D eigenvalue weighted by Crippen LogP contribution is -2.24. The molecule has 1 nitrogen and oxygen atoms in total. The molecule has 0 aliphatic heterocycles. The van der Waals surface area contributed by atoms with Crippen LogP contribution in [0.25, 0.3) is 0 Å². The highest BCUT2D eigenvalue weighted by Gasteiger charge is 2.05. The van der Waals surface area contributed by atoms with Crippen molar-refractivity contribution in [2.45, 2.75) is 33.2 Å². The first kappa shape index (κ1) is 11.3. The Hall–Kier alpha value is -0.820. The first-order chi connectivity index (χ1) is 6.74. The van der Waals surface area contributed by atoms with Gasteiger partial charge in [0.2, 0.25) is 0 Å². The van der Waals surface area contributed by atoms with E-state index in [9.17, 15) is 0 Å². The number of hydrogen-bond acceptors (Lipinski definition) is 1. The van der Waals surface area contributed by atoms with Crippen molar-refractivity contribution in [2.24, 2.45) is 5.92 Å². The fourth-order valence-corrected chi connectivity index (χ4v) is 1.38. The highest BCUT2D eigenvalue weighted by molar-refractivity contribution is 5.17. The molecule has 1 aromatic carbocycles. The third-order valence-electron chi connectivity index (χ3n) is 2.77. The van der Waals surface area contributed by atoms with Crippen LogP contribution in [0, 0.1) is 5.92 Å². The SMILES string of the molecule is CC[C@@H](C)CN[C@@H](C)c1ccccc1. The summed E-state index contributed by atoms with van der Waals surface area (Å²) in [5.41, 5.74) is 1.37. The second kappa shape index (κ2) is 5.82. The molecule has 0 aliphatic carbocycles. The molecule has 0 spiro atoms. The summed E-state index contributed by atoms with van der Waals surface area (Å²) in [6.45, 7) is 7.84. The third-order valence-corrected chi connectivity index (χ3v) is 2.77. The van der Waals surface area contributed by atoms with Crippen molar-refractivity contribution in [2.75, 3.05) is 6.54 Å². The molecule has 0 unspecified atom stereocenters. The van der Waals surface area contributed by atoms with Crippen molar-refractivity contribution in [1.29, 1.82) is 0 Å². The van der Waals surface area contributed by atoms with Gasteiger partial charge in [0.05, 0.1) is 0 Å². The van der Waals surface area contributed by atoms with E-state index < -0.39 is 0 Å². The summed E-state index contributed by atoms with van der Waals surface area (Å²) in [4.78, 5) is 0. The van der Waals surface area contributed by atoms with Gasteiger partial charge in [-0.25, -0.2) is 0 Å². The smallest absolute Gasteiger partial charge is 0.0291 e. The standard InChI is InChI=1S/C13H21N/c1-4-11(2)10-14-12(3)13-8-6-5-7-9-13/h5-9,11-12,14H,4,10H2,1-3H3/t11-,12+/m1/s1. The summed E-state index contributed by atoms with van der Waals surface area (Å²) in [5, 5.41) is 3.55. The molecule has 1 aromatic rings. The van der Waals surface area contributed by atoms with Crippen molar-refractivity contribution >= 4 is 0 Å². The van der Waals surface area contributed by atoms with Crippen molar-refractivity contribution in [1.82, 2.24) is 5.32 Å². The predicted molar refractivity (Wildman–Crippen MR) is 62.3 cm³/mol. The summed E-state index contributed by atoms with van der Waals surface area (Å²) in [7, 11) is 0. The third kappa shape index (κ3) is 3.51. The van der Waals surface area contributed by atoms with Gasteiger partial charge in [0, 0.05) is 6.04 Å². The summed E-state index contributed by atoms with van der Waals surface area (Å²) in [6, 6.07) is 11.1. The van der Waals surface area contributed by atoms with Gasteiger partial charge in [0.25, 0.3) is 0 Å². The van der Waals surface area contributed by atoms with Crippen molar-refractivity contribution in [3.63, 3.8) is 0 Å². The highest BCUT2D eigenvalue weighted by atomic mass is 14.9. The number of rotatable bonds is 5. The quantitative estimate of drug-likeness (QED) is 0.752. The predicted octanol–water partition coefficient (Wildman–Crippen LogP) is 3.38. The van der Waals surface area contributed by atoms with E-state index in [2.05, 4.69) is 56.4 Å². The summed E-state index contributed by atoms with van der Waals surface area (Å²) in [6.07, 6.45) is 1.24. The maximum absolute atomic E-state index is 3.55. The minimum atomic E-state index is 0.463. The molecule has 0 radical (unpaired) electrons. The topological polar surface area (TPSA) is 12.0 Å². The number of benzene rings is 1. The van der Waals surface area contributed by atoms with Crippen LogP contribution in [0.2, 0.25) is 0 Å². The van der Waals surface area contributed by atoms with Crippen molar-refractivity contribution < 1.29 is 0 Å². The van der Waals surface area contributed by atoms with Crippen LogP contribution in [0.15, 0.2) is 30.3 Å². The van der Waals surface area contributed by atoms with Crippen LogP contribution in [0.5, 0.6) is 0 Å². The Morgan fingerprint density at radius 1 is 1.14 bits per heavy atom. The molecule has 0 saturated heterocycles. The second-order valence-electron chi connectivity index (χ2n) is 4.05. The molecule has 2 atom stereocenters. The van der Waals surface area contributed by atoms with Crippen molar-refractivity contribution in [3.05, 3.63) is 35.9 Å². The zero-order valence-corrected chi connectivity index (χ0v) is 9.46. The summed E-state index contributed by atoms with van der Waals surface area (Å²) >= 11 is 0. The van der Waals surface area contributed by atoms with Crippen LogP contribution in [-0.4, -0.2) is 6.54 Å². The summed E-state index contributed by atoms with van der Waals surface area (Å²) < 4.78 is 0. The van der Waals surface area contributed by atoms with Gasteiger partial charge in [0.1, 0.15) is 0 Å². The molecular formula is C13H21N. The molecule has 1 rings (SSSR count). The van der Waals surface area contributed by atoms with Gasteiger partial charge in [0.15, 0.2) is 0 Å². The molecule has 0 aromatic heterocycles. The first-order valence-electron chi connectivity index (χ1n) is 5.52. The molecule has 1 N–H and O–H groups in total. The van der Waals surface area contributed by atoms with E-state index in [-0.39, 0.29) is 0 Å². The Kier molecular flexibility index (Phi) is 4.68. The van der Waals surface area contributed by atoms with Crippen LogP contribution in [-0.2, 0) is 0 Å². The maximum atomic E-state index is 3.55. The van der Waals surface area contributed by atoms with Crippen LogP contribution >= 0.6 is 0 Å². The van der Waals surface area contributed by atoms with Crippen LogP contribution in [0.4, 0.5) is 0 Å². The van der Waals surface area contributed by atoms with Gasteiger partial charge in [-0.05, 0) is 24.9 Å². The van der Waals surface area contributed by atoms with Crippen LogP contribution in [0.3, 0.4) is 0 Å². The van der Waals surface area contributed by atoms with E-state index in [0.29, 0.717) is 6.04 Å². The van der Waals surface area contributed by atoms with Gasteiger partial charge in [-0.3, -0.25) is 0 Å². The minimum Gasteiger partial charge on any atom is -0.310 e. The van der Waals surface area contributed by atoms with Gasteiger partial charge in [-0.2, -0.15) is 0 Å². The Balaban J connectivity index is 2.39. The van der Waals surface area contributed by atoms with E-state index in [1.807, 2.05) is 0 Å². The Morgan fingerprint density at radius 3 is 2.36 bits per heavy atom. The molecule has 0 amide bonds. The zero-order valence-electron chi connectivity index (χ0n) is 9.46. The van der Waals surface area contributed by atoms with E-state index >= 15 is 0 Å².